The zero-order valence-electron chi connectivity index (χ0n) is 11.9. The van der Waals surface area contributed by atoms with E-state index in [-0.39, 0.29) is 0 Å². The van der Waals surface area contributed by atoms with Gasteiger partial charge in [0.1, 0.15) is 5.78 Å². The van der Waals surface area contributed by atoms with E-state index in [1.54, 1.807) is 0 Å². The molecule has 26 heavy (non-hydrogen) atoms. The third-order valence-electron chi connectivity index (χ3n) is 4.17. The average Bonchev–Trinajstić information content (AvgIpc) is 2.73. The second-order valence-corrected chi connectivity index (χ2v) is 7.51. The van der Waals surface area contributed by atoms with Crippen molar-refractivity contribution in [1.29, 1.82) is 0 Å². The zero-order valence-corrected chi connectivity index (χ0v) is 14.9. The number of hydrogen-bond donors (Lipinski definition) is 2. The van der Waals surface area contributed by atoms with Gasteiger partial charge in [-0.25, -0.2) is 0 Å². The molecule has 0 aliphatic heterocycles. The van der Waals surface area contributed by atoms with Gasteiger partial charge in [-0.3, -0.25) is 4.79 Å². The number of rotatable bonds is 6. The van der Waals surface area contributed by atoms with Gasteiger partial charge in [-0.1, -0.05) is 0 Å². The third kappa shape index (κ3) is 3.47. The molecule has 0 aromatic rings. The standard InChI is InChI=1S/C11H8Cl4F8O3/c12-8(16,17)6(25,9(13,18)19)3-1-2-4(5(3)24)7(26,10(14,20)21)11(15,22)23/h3-4,25-26H,1-2H2/t3-,4+. The van der Waals surface area contributed by atoms with E-state index < -0.39 is 63.2 Å². The van der Waals surface area contributed by atoms with Gasteiger partial charge in [0.15, 0.2) is 0 Å². The van der Waals surface area contributed by atoms with Gasteiger partial charge < -0.3 is 10.2 Å². The van der Waals surface area contributed by atoms with Crippen molar-refractivity contribution in [1.82, 2.24) is 0 Å². The first-order valence-electron chi connectivity index (χ1n) is 6.39. The highest BCUT2D eigenvalue weighted by atomic mass is 35.5. The third-order valence-corrected chi connectivity index (χ3v) is 5.32. The fourth-order valence-corrected chi connectivity index (χ4v) is 3.90. The van der Waals surface area contributed by atoms with Gasteiger partial charge in [-0.05, 0) is 59.2 Å². The summed E-state index contributed by atoms with van der Waals surface area (Å²) in [5.41, 5.74) is -9.70. The van der Waals surface area contributed by atoms with Gasteiger partial charge in [0.05, 0.1) is 11.8 Å². The van der Waals surface area contributed by atoms with Gasteiger partial charge in [-0.2, -0.15) is 35.1 Å². The first-order valence-corrected chi connectivity index (χ1v) is 7.90. The molecular weight excluding hydrogens is 474 g/mol. The first kappa shape index (κ1) is 24.2. The number of aliphatic hydroxyl groups is 2. The fourth-order valence-electron chi connectivity index (χ4n) is 2.80. The lowest BCUT2D eigenvalue weighted by atomic mass is 9.80. The maximum Gasteiger partial charge on any atom is 0.357 e. The van der Waals surface area contributed by atoms with Gasteiger partial charge in [0.2, 0.25) is 11.2 Å². The molecule has 0 aromatic heterocycles. The van der Waals surface area contributed by atoms with Gasteiger partial charge >= 0.3 is 21.5 Å². The molecule has 154 valence electrons. The van der Waals surface area contributed by atoms with Crippen LogP contribution in [-0.4, -0.2) is 48.7 Å². The number of Topliss-reactive ketones (excluding diaryl/α,β-unsaturated/α-hetero) is 1. The summed E-state index contributed by atoms with van der Waals surface area (Å²) in [6.07, 6.45) is -2.57. The Morgan fingerprint density at radius 3 is 1.00 bits per heavy atom. The van der Waals surface area contributed by atoms with E-state index in [0.29, 0.717) is 0 Å². The number of carbonyl (C=O) groups is 1. The summed E-state index contributed by atoms with van der Waals surface area (Å²) in [7, 11) is 0. The first-order chi connectivity index (χ1) is 11.1. The summed E-state index contributed by atoms with van der Waals surface area (Å²) in [4.78, 5) is 12.1. The second-order valence-electron chi connectivity index (χ2n) is 5.61. The lowest BCUT2D eigenvalue weighted by Crippen LogP contribution is -2.65. The Morgan fingerprint density at radius 1 is 0.654 bits per heavy atom. The summed E-state index contributed by atoms with van der Waals surface area (Å²) in [5.74, 6) is -8.23. The van der Waals surface area contributed by atoms with Crippen molar-refractivity contribution in [2.24, 2.45) is 11.8 Å². The van der Waals surface area contributed by atoms with E-state index in [0.717, 1.165) is 0 Å². The van der Waals surface area contributed by atoms with E-state index in [4.69, 9.17) is 0 Å². The molecule has 3 nitrogen and oxygen atoms in total. The molecule has 0 heterocycles. The number of hydrogen-bond acceptors (Lipinski definition) is 3. The predicted octanol–water partition coefficient (Wildman–Crippen LogP) is 4.37. The molecule has 1 aliphatic carbocycles. The van der Waals surface area contributed by atoms with Crippen LogP contribution in [-0.2, 0) is 4.79 Å². The van der Waals surface area contributed by atoms with E-state index in [1.807, 2.05) is 0 Å². The minimum atomic E-state index is -5.29. The zero-order chi connectivity index (χ0) is 21.1. The lowest BCUT2D eigenvalue weighted by molar-refractivity contribution is -0.247. The molecule has 0 bridgehead atoms. The molecule has 0 spiro atoms. The van der Waals surface area contributed by atoms with Crippen LogP contribution >= 0.6 is 46.4 Å². The topological polar surface area (TPSA) is 57.5 Å². The normalized spacial score (nSPS) is 24.3. The Labute approximate surface area is 160 Å². The molecule has 1 saturated carbocycles. The molecule has 1 fully saturated rings. The Kier molecular flexibility index (Phi) is 6.17. The molecule has 1 rings (SSSR count). The summed E-state index contributed by atoms with van der Waals surface area (Å²) >= 11 is 17.6. The minimum Gasteiger partial charge on any atom is -0.376 e. The van der Waals surface area contributed by atoms with E-state index in [2.05, 4.69) is 46.4 Å². The molecule has 0 unspecified atom stereocenters. The fraction of sp³-hybridized carbons (Fsp3) is 0.909. The molecule has 2 atom stereocenters. The van der Waals surface area contributed by atoms with Crippen molar-refractivity contribution in [3.05, 3.63) is 0 Å². The monoisotopic (exact) mass is 480 g/mol. The van der Waals surface area contributed by atoms with Crippen LogP contribution in [0.5, 0.6) is 0 Å². The molecule has 15 heteroatoms. The van der Waals surface area contributed by atoms with Crippen LogP contribution in [0.1, 0.15) is 12.8 Å². The van der Waals surface area contributed by atoms with Crippen LogP contribution in [0.3, 0.4) is 0 Å². The molecule has 0 aromatic carbocycles. The van der Waals surface area contributed by atoms with Gasteiger partial charge in [-0.15, -0.1) is 0 Å². The van der Waals surface area contributed by atoms with Crippen molar-refractivity contribution < 1.29 is 50.1 Å². The summed E-state index contributed by atoms with van der Waals surface area (Å²) in [6.45, 7) is 0. The molecule has 0 amide bonds. The maximum absolute atomic E-state index is 13.4. The Balaban J connectivity index is 3.50. The highest BCUT2D eigenvalue weighted by molar-refractivity contribution is 6.27. The quantitative estimate of drug-likeness (QED) is 0.437. The Hall–Kier alpha value is 0.190. The van der Waals surface area contributed by atoms with Crippen LogP contribution in [0.15, 0.2) is 0 Å². The summed E-state index contributed by atoms with van der Waals surface area (Å²) < 4.78 is 107. The second kappa shape index (κ2) is 6.62. The molecule has 0 saturated heterocycles. The maximum atomic E-state index is 13.4. The molecule has 2 N–H and O–H groups in total. The highest BCUT2D eigenvalue weighted by Gasteiger charge is 2.78. The van der Waals surface area contributed by atoms with Crippen LogP contribution in [0.4, 0.5) is 35.1 Å². The van der Waals surface area contributed by atoms with Gasteiger partial charge in [0, 0.05) is 0 Å². The van der Waals surface area contributed by atoms with Crippen molar-refractivity contribution in [2.75, 3.05) is 0 Å². The van der Waals surface area contributed by atoms with Crippen LogP contribution < -0.4 is 0 Å². The van der Waals surface area contributed by atoms with Crippen molar-refractivity contribution in [2.45, 2.75) is 45.6 Å². The van der Waals surface area contributed by atoms with Crippen LogP contribution in [0, 0.1) is 11.8 Å². The van der Waals surface area contributed by atoms with Crippen LogP contribution in [0.2, 0.25) is 0 Å². The largest absolute Gasteiger partial charge is 0.376 e. The van der Waals surface area contributed by atoms with Gasteiger partial charge in [0.25, 0.3) is 0 Å². The minimum absolute atomic E-state index is 1.28. The summed E-state index contributed by atoms with van der Waals surface area (Å²) in [5, 5.41) is -1.90. The number of carbonyl (C=O) groups excluding carboxylic acids is 1. The number of ketones is 1. The average molecular weight is 482 g/mol. The Morgan fingerprint density at radius 2 is 0.846 bits per heavy atom. The van der Waals surface area contributed by atoms with Crippen LogP contribution in [0.25, 0.3) is 0 Å². The number of halogens is 12. The van der Waals surface area contributed by atoms with E-state index >= 15 is 0 Å². The highest BCUT2D eigenvalue weighted by Crippen LogP contribution is 2.59. The van der Waals surface area contributed by atoms with Crippen molar-refractivity contribution in [3.8, 4) is 0 Å². The van der Waals surface area contributed by atoms with E-state index in [9.17, 15) is 50.1 Å². The smallest absolute Gasteiger partial charge is 0.357 e. The lowest BCUT2D eigenvalue weighted by Gasteiger charge is -2.41. The van der Waals surface area contributed by atoms with E-state index in [1.165, 1.54) is 0 Å². The SMILES string of the molecule is O=C1[C@H](C(O)(C(F)(F)Cl)C(F)(F)Cl)CC[C@@H]1C(O)(C(F)(F)Cl)C(F)(F)Cl. The summed E-state index contributed by atoms with van der Waals surface area (Å²) in [6, 6.07) is 0. The molecule has 1 aliphatic rings. The molecular formula is C11H8Cl4F8O3. The predicted molar refractivity (Wildman–Crippen MR) is 74.3 cm³/mol. The van der Waals surface area contributed by atoms with Crippen molar-refractivity contribution in [3.63, 3.8) is 0 Å². The Bertz CT molecular complexity index is 490. The number of alkyl halides is 12. The van der Waals surface area contributed by atoms with Crippen molar-refractivity contribution >= 4 is 52.2 Å². The molecule has 0 radical (unpaired) electrons.